The molecule has 1 aromatic rings. The molecule has 0 aliphatic carbocycles. The highest BCUT2D eigenvalue weighted by Gasteiger charge is 2.13. The van der Waals surface area contributed by atoms with Crippen molar-refractivity contribution in [2.45, 2.75) is 25.3 Å². The minimum Gasteiger partial charge on any atom is -0.381 e. The Bertz CT molecular complexity index is 400. The largest absolute Gasteiger partial charge is 0.381 e. The van der Waals surface area contributed by atoms with Gasteiger partial charge in [-0.05, 0) is 12.3 Å². The second kappa shape index (κ2) is 6.73. The molecular formula is C10H19N3O3S. The first-order valence-corrected chi connectivity index (χ1v) is 7.06. The van der Waals surface area contributed by atoms with Crippen molar-refractivity contribution in [3.63, 3.8) is 0 Å². The number of ether oxygens (including phenoxy) is 1. The molecule has 1 aromatic heterocycles. The Balaban J connectivity index is 2.19. The lowest BCUT2D eigenvalue weighted by atomic mass is 10.2. The van der Waals surface area contributed by atoms with E-state index in [0.717, 1.165) is 0 Å². The molecule has 98 valence electrons. The summed E-state index contributed by atoms with van der Waals surface area (Å²) in [6.07, 6.45) is 3.26. The predicted molar refractivity (Wildman–Crippen MR) is 64.1 cm³/mol. The summed E-state index contributed by atoms with van der Waals surface area (Å²) in [4.78, 5) is 6.22. The number of sulfonamides is 1. The molecule has 0 bridgehead atoms. The first-order valence-electron chi connectivity index (χ1n) is 5.58. The minimum atomic E-state index is -3.44. The van der Waals surface area contributed by atoms with E-state index in [2.05, 4.69) is 28.5 Å². The number of hydrogen-bond acceptors (Lipinski definition) is 4. The average Bonchev–Trinajstić information content (AvgIpc) is 2.76. The number of imidazole rings is 1. The van der Waals surface area contributed by atoms with Crippen LogP contribution in [0, 0.1) is 5.92 Å². The van der Waals surface area contributed by atoms with E-state index in [0.29, 0.717) is 32.1 Å². The Morgan fingerprint density at radius 3 is 2.88 bits per heavy atom. The fraction of sp³-hybridized carbons (Fsp3) is 0.700. The molecule has 0 fully saturated rings. The molecule has 0 aliphatic rings. The quantitative estimate of drug-likeness (QED) is 0.676. The lowest BCUT2D eigenvalue weighted by Crippen LogP contribution is -2.26. The van der Waals surface area contributed by atoms with Crippen LogP contribution in [-0.2, 0) is 14.8 Å². The maximum atomic E-state index is 11.6. The average molecular weight is 261 g/mol. The van der Waals surface area contributed by atoms with Gasteiger partial charge in [0.05, 0.1) is 12.5 Å². The van der Waals surface area contributed by atoms with Gasteiger partial charge in [-0.2, -0.15) is 0 Å². The maximum Gasteiger partial charge on any atom is 0.257 e. The third-order valence-corrected chi connectivity index (χ3v) is 3.36. The van der Waals surface area contributed by atoms with Crippen LogP contribution in [-0.4, -0.2) is 38.1 Å². The van der Waals surface area contributed by atoms with Crippen molar-refractivity contribution in [3.05, 3.63) is 12.5 Å². The molecule has 0 atom stereocenters. The van der Waals surface area contributed by atoms with Crippen LogP contribution >= 0.6 is 0 Å². The molecule has 1 heterocycles. The Kier molecular flexibility index (Phi) is 5.60. The molecule has 0 saturated carbocycles. The topological polar surface area (TPSA) is 84.1 Å². The van der Waals surface area contributed by atoms with Gasteiger partial charge >= 0.3 is 0 Å². The van der Waals surface area contributed by atoms with Crippen LogP contribution in [0.1, 0.15) is 20.3 Å². The molecular weight excluding hydrogens is 242 g/mol. The number of nitrogens with zero attached hydrogens (tertiary/aromatic N) is 1. The Morgan fingerprint density at radius 2 is 2.29 bits per heavy atom. The first kappa shape index (κ1) is 14.1. The lowest BCUT2D eigenvalue weighted by Gasteiger charge is -2.07. The fourth-order valence-corrected chi connectivity index (χ4v) is 2.14. The summed E-state index contributed by atoms with van der Waals surface area (Å²) < 4.78 is 31.0. The van der Waals surface area contributed by atoms with E-state index >= 15 is 0 Å². The number of aromatic amines is 1. The highest BCUT2D eigenvalue weighted by Crippen LogP contribution is 2.01. The highest BCUT2D eigenvalue weighted by molar-refractivity contribution is 7.89. The molecule has 17 heavy (non-hydrogen) atoms. The van der Waals surface area contributed by atoms with Crippen molar-refractivity contribution in [3.8, 4) is 0 Å². The molecule has 0 radical (unpaired) electrons. The Morgan fingerprint density at radius 1 is 1.53 bits per heavy atom. The van der Waals surface area contributed by atoms with E-state index in [4.69, 9.17) is 4.74 Å². The Labute approximate surface area is 102 Å². The standard InChI is InChI=1S/C10H19N3O3S/c1-9(2)7-16-5-3-4-13-17(14,15)10-6-11-8-12-10/h6,8-9,13H,3-5,7H2,1-2H3,(H,11,12). The number of aromatic nitrogens is 2. The number of H-pyrrole nitrogens is 1. The van der Waals surface area contributed by atoms with E-state index < -0.39 is 10.0 Å². The van der Waals surface area contributed by atoms with Gasteiger partial charge in [-0.25, -0.2) is 18.1 Å². The molecule has 0 unspecified atom stereocenters. The van der Waals surface area contributed by atoms with Gasteiger partial charge in [-0.1, -0.05) is 13.8 Å². The monoisotopic (exact) mass is 261 g/mol. The molecule has 6 nitrogen and oxygen atoms in total. The van der Waals surface area contributed by atoms with Gasteiger partial charge in [0.15, 0.2) is 5.03 Å². The van der Waals surface area contributed by atoms with Crippen molar-refractivity contribution >= 4 is 10.0 Å². The molecule has 0 amide bonds. The molecule has 2 N–H and O–H groups in total. The van der Waals surface area contributed by atoms with E-state index in [1.807, 2.05) is 0 Å². The van der Waals surface area contributed by atoms with Crippen molar-refractivity contribution < 1.29 is 13.2 Å². The smallest absolute Gasteiger partial charge is 0.257 e. The summed E-state index contributed by atoms with van der Waals surface area (Å²) in [7, 11) is -3.44. The van der Waals surface area contributed by atoms with Gasteiger partial charge in [0, 0.05) is 19.8 Å². The summed E-state index contributed by atoms with van der Waals surface area (Å²) in [6.45, 7) is 5.76. The third kappa shape index (κ3) is 5.29. The number of hydrogen-bond donors (Lipinski definition) is 2. The van der Waals surface area contributed by atoms with E-state index in [-0.39, 0.29) is 5.03 Å². The summed E-state index contributed by atoms with van der Waals surface area (Å²) in [5.74, 6) is 0.497. The van der Waals surface area contributed by atoms with Gasteiger partial charge in [-0.3, -0.25) is 0 Å². The summed E-state index contributed by atoms with van der Waals surface area (Å²) in [6, 6.07) is 0. The van der Waals surface area contributed by atoms with Gasteiger partial charge in [0.2, 0.25) is 0 Å². The summed E-state index contributed by atoms with van der Waals surface area (Å²) >= 11 is 0. The van der Waals surface area contributed by atoms with E-state index in [1.54, 1.807) is 0 Å². The summed E-state index contributed by atoms with van der Waals surface area (Å²) in [5.41, 5.74) is 0. The lowest BCUT2D eigenvalue weighted by molar-refractivity contribution is 0.108. The molecule has 0 saturated heterocycles. The van der Waals surface area contributed by atoms with Crippen LogP contribution in [0.3, 0.4) is 0 Å². The van der Waals surface area contributed by atoms with Gasteiger partial charge < -0.3 is 9.72 Å². The first-order chi connectivity index (χ1) is 8.02. The second-order valence-corrected chi connectivity index (χ2v) is 5.87. The van der Waals surface area contributed by atoms with Gasteiger partial charge in [0.25, 0.3) is 10.0 Å². The van der Waals surface area contributed by atoms with E-state index in [1.165, 1.54) is 12.5 Å². The van der Waals surface area contributed by atoms with Crippen molar-refractivity contribution in [2.24, 2.45) is 5.92 Å². The van der Waals surface area contributed by atoms with Gasteiger partial charge in [0.1, 0.15) is 0 Å². The highest BCUT2D eigenvalue weighted by atomic mass is 32.2. The predicted octanol–water partition coefficient (Wildman–Crippen LogP) is 0.751. The molecule has 0 aliphatic heterocycles. The van der Waals surface area contributed by atoms with Gasteiger partial charge in [-0.15, -0.1) is 0 Å². The zero-order valence-electron chi connectivity index (χ0n) is 10.1. The van der Waals surface area contributed by atoms with Crippen molar-refractivity contribution in [2.75, 3.05) is 19.8 Å². The molecule has 0 aromatic carbocycles. The van der Waals surface area contributed by atoms with Crippen molar-refractivity contribution in [1.82, 2.24) is 14.7 Å². The van der Waals surface area contributed by atoms with Crippen LogP contribution in [0.25, 0.3) is 0 Å². The normalized spacial score (nSPS) is 12.2. The zero-order valence-corrected chi connectivity index (χ0v) is 11.0. The SMILES string of the molecule is CC(C)COCCCNS(=O)(=O)c1cnc[nH]1. The zero-order chi connectivity index (χ0) is 12.7. The minimum absolute atomic E-state index is 0.0839. The molecule has 0 spiro atoms. The van der Waals surface area contributed by atoms with E-state index in [9.17, 15) is 8.42 Å². The maximum absolute atomic E-state index is 11.6. The third-order valence-electron chi connectivity index (χ3n) is 1.97. The Hall–Kier alpha value is -0.920. The number of rotatable bonds is 8. The number of nitrogens with one attached hydrogen (secondary N) is 2. The molecule has 7 heteroatoms. The molecule has 1 rings (SSSR count). The summed E-state index contributed by atoms with van der Waals surface area (Å²) in [5, 5.41) is 0.0839. The van der Waals surface area contributed by atoms with Crippen molar-refractivity contribution in [1.29, 1.82) is 0 Å². The van der Waals surface area contributed by atoms with Crippen LogP contribution < -0.4 is 4.72 Å². The fourth-order valence-electron chi connectivity index (χ4n) is 1.17. The van der Waals surface area contributed by atoms with Crippen LogP contribution in [0.4, 0.5) is 0 Å². The van der Waals surface area contributed by atoms with Crippen LogP contribution in [0.2, 0.25) is 0 Å². The van der Waals surface area contributed by atoms with Crippen LogP contribution in [0.15, 0.2) is 17.6 Å². The second-order valence-electron chi connectivity index (χ2n) is 4.14. The van der Waals surface area contributed by atoms with Crippen LogP contribution in [0.5, 0.6) is 0 Å².